The van der Waals surface area contributed by atoms with Crippen molar-refractivity contribution in [3.8, 4) is 22.6 Å². The molecule has 7 nitrogen and oxygen atoms in total. The predicted molar refractivity (Wildman–Crippen MR) is 112 cm³/mol. The molecule has 1 aromatic carbocycles. The summed E-state index contributed by atoms with van der Waals surface area (Å²) in [5.74, 6) is 1.55. The highest BCUT2D eigenvalue weighted by molar-refractivity contribution is 7.90. The first-order valence-electron chi connectivity index (χ1n) is 9.69. The molecule has 0 radical (unpaired) electrons. The van der Waals surface area contributed by atoms with Crippen molar-refractivity contribution >= 4 is 15.5 Å². The van der Waals surface area contributed by atoms with E-state index < -0.39 is 15.4 Å². The summed E-state index contributed by atoms with van der Waals surface area (Å²) in [7, 11) is -1.75. The third-order valence-electron chi connectivity index (χ3n) is 5.24. The van der Waals surface area contributed by atoms with Gasteiger partial charge < -0.3 is 19.4 Å². The van der Waals surface area contributed by atoms with Gasteiger partial charge >= 0.3 is 0 Å². The van der Waals surface area contributed by atoms with Gasteiger partial charge in [0.25, 0.3) is 5.56 Å². The van der Waals surface area contributed by atoms with Gasteiger partial charge in [-0.05, 0) is 50.8 Å². The van der Waals surface area contributed by atoms with Crippen molar-refractivity contribution in [1.82, 2.24) is 4.57 Å². The summed E-state index contributed by atoms with van der Waals surface area (Å²) in [5.41, 5.74) is 0.886. The normalized spacial score (nSPS) is 17.8. The molecule has 156 valence electrons. The Morgan fingerprint density at radius 3 is 2.66 bits per heavy atom. The Hall–Kier alpha value is -2.48. The fourth-order valence-electron chi connectivity index (χ4n) is 3.35. The maximum absolute atomic E-state index is 12.6. The van der Waals surface area contributed by atoms with Gasteiger partial charge in [-0.25, -0.2) is 8.42 Å². The van der Waals surface area contributed by atoms with Gasteiger partial charge in [-0.1, -0.05) is 0 Å². The summed E-state index contributed by atoms with van der Waals surface area (Å²) in [6.45, 7) is 4.94. The number of benzene rings is 1. The monoisotopic (exact) mass is 418 g/mol. The van der Waals surface area contributed by atoms with Gasteiger partial charge in [0.2, 0.25) is 0 Å². The molecule has 1 aromatic heterocycles. The molecule has 29 heavy (non-hydrogen) atoms. The third-order valence-corrected chi connectivity index (χ3v) is 6.35. The molecule has 1 fully saturated rings. The standard InChI is InChI=1S/C21H26N2O5S/c1-21(2)12-22-18-19(28-21)16(10-23(3)20(18)24)15-9-14(29(4,25)26)7-8-17(15)27-11-13-5-6-13/h7-10,13,22H,5-6,11-12H2,1-4H3. The molecule has 2 heterocycles. The van der Waals surface area contributed by atoms with Crippen molar-refractivity contribution in [3.05, 3.63) is 34.7 Å². The number of ether oxygens (including phenoxy) is 2. The molecule has 0 spiro atoms. The van der Waals surface area contributed by atoms with Crippen LogP contribution < -0.4 is 20.3 Å². The van der Waals surface area contributed by atoms with Gasteiger partial charge in [0.1, 0.15) is 17.0 Å². The first-order valence-corrected chi connectivity index (χ1v) is 11.6. The topological polar surface area (TPSA) is 86.6 Å². The zero-order valence-corrected chi connectivity index (χ0v) is 17.9. The van der Waals surface area contributed by atoms with Crippen LogP contribution in [0.5, 0.6) is 11.5 Å². The number of fused-ring (bicyclic) bond motifs is 1. The van der Waals surface area contributed by atoms with Crippen molar-refractivity contribution in [3.63, 3.8) is 0 Å². The highest BCUT2D eigenvalue weighted by Gasteiger charge is 2.32. The van der Waals surface area contributed by atoms with Gasteiger partial charge in [0.05, 0.1) is 18.0 Å². The number of sulfone groups is 1. The first-order chi connectivity index (χ1) is 13.5. The quantitative estimate of drug-likeness (QED) is 0.804. The van der Waals surface area contributed by atoms with E-state index in [4.69, 9.17) is 9.47 Å². The Kier molecular flexibility index (Phi) is 4.64. The second kappa shape index (κ2) is 6.79. The van der Waals surface area contributed by atoms with E-state index in [1.54, 1.807) is 31.4 Å². The summed E-state index contributed by atoms with van der Waals surface area (Å²) in [5, 5.41) is 3.18. The van der Waals surface area contributed by atoms with E-state index in [0.29, 0.717) is 47.4 Å². The van der Waals surface area contributed by atoms with Crippen LogP contribution in [0.2, 0.25) is 0 Å². The van der Waals surface area contributed by atoms with Crippen molar-refractivity contribution in [2.45, 2.75) is 37.2 Å². The van der Waals surface area contributed by atoms with Crippen LogP contribution in [-0.2, 0) is 16.9 Å². The number of rotatable bonds is 5. The molecule has 0 unspecified atom stereocenters. The molecule has 0 atom stereocenters. The molecule has 1 N–H and O–H groups in total. The number of nitrogens with zero attached hydrogens (tertiary/aromatic N) is 1. The van der Waals surface area contributed by atoms with Crippen LogP contribution in [0.15, 0.2) is 34.1 Å². The summed E-state index contributed by atoms with van der Waals surface area (Å²) < 4.78 is 38.0. The zero-order chi connectivity index (χ0) is 21.0. The van der Waals surface area contributed by atoms with E-state index >= 15 is 0 Å². The molecule has 8 heteroatoms. The molecular formula is C21H26N2O5S. The fourth-order valence-corrected chi connectivity index (χ4v) is 4.00. The summed E-state index contributed by atoms with van der Waals surface area (Å²) in [4.78, 5) is 12.8. The minimum absolute atomic E-state index is 0.192. The fraction of sp³-hybridized carbons (Fsp3) is 0.476. The van der Waals surface area contributed by atoms with Crippen molar-refractivity contribution in [2.24, 2.45) is 13.0 Å². The highest BCUT2D eigenvalue weighted by Crippen LogP contribution is 2.44. The van der Waals surface area contributed by atoms with E-state index in [-0.39, 0.29) is 10.5 Å². The van der Waals surface area contributed by atoms with Crippen molar-refractivity contribution in [1.29, 1.82) is 0 Å². The van der Waals surface area contributed by atoms with Gasteiger partial charge in [-0.15, -0.1) is 0 Å². The molecule has 2 aliphatic rings. The Labute approximate surface area is 170 Å². The van der Waals surface area contributed by atoms with E-state index in [1.165, 1.54) is 10.8 Å². The van der Waals surface area contributed by atoms with E-state index in [0.717, 1.165) is 12.8 Å². The Morgan fingerprint density at radius 2 is 2.00 bits per heavy atom. The van der Waals surface area contributed by atoms with E-state index in [1.807, 2.05) is 13.8 Å². The average Bonchev–Trinajstić information content (AvgIpc) is 3.46. The molecular weight excluding hydrogens is 392 g/mol. The Morgan fingerprint density at radius 1 is 1.28 bits per heavy atom. The number of pyridine rings is 1. The SMILES string of the molecule is Cn1cc(-c2cc(S(C)(=O)=O)ccc2OCC2CC2)c2c(c1=O)NCC(C)(C)O2. The van der Waals surface area contributed by atoms with Crippen LogP contribution in [0.1, 0.15) is 26.7 Å². The second-order valence-corrected chi connectivity index (χ2v) is 10.6. The second-order valence-electron chi connectivity index (χ2n) is 8.56. The molecule has 1 aliphatic carbocycles. The lowest BCUT2D eigenvalue weighted by atomic mass is 10.0. The third kappa shape index (κ3) is 3.99. The zero-order valence-electron chi connectivity index (χ0n) is 17.1. The number of nitrogens with one attached hydrogen (secondary N) is 1. The van der Waals surface area contributed by atoms with Gasteiger partial charge in [-0.2, -0.15) is 0 Å². The van der Waals surface area contributed by atoms with Gasteiger partial charge in [-0.3, -0.25) is 4.79 Å². The number of aromatic nitrogens is 1. The maximum Gasteiger partial charge on any atom is 0.277 e. The summed E-state index contributed by atoms with van der Waals surface area (Å²) in [6, 6.07) is 4.84. The van der Waals surface area contributed by atoms with Crippen LogP contribution in [0.3, 0.4) is 0 Å². The molecule has 0 saturated heterocycles. The predicted octanol–water partition coefficient (Wildman–Crippen LogP) is 2.83. The van der Waals surface area contributed by atoms with Crippen LogP contribution in [0.4, 0.5) is 5.69 Å². The van der Waals surface area contributed by atoms with E-state index in [2.05, 4.69) is 5.32 Å². The maximum atomic E-state index is 12.6. The van der Waals surface area contributed by atoms with Crippen LogP contribution in [0, 0.1) is 5.92 Å². The Balaban J connectivity index is 1.92. The van der Waals surface area contributed by atoms with Crippen LogP contribution in [0.25, 0.3) is 11.1 Å². The smallest absolute Gasteiger partial charge is 0.277 e. The van der Waals surface area contributed by atoms with E-state index in [9.17, 15) is 13.2 Å². The molecule has 1 aliphatic heterocycles. The molecule has 1 saturated carbocycles. The first kappa shape index (κ1) is 19.8. The number of aryl methyl sites for hydroxylation is 1. The molecule has 0 amide bonds. The Bertz CT molecular complexity index is 1130. The largest absolute Gasteiger partial charge is 0.493 e. The minimum Gasteiger partial charge on any atom is -0.493 e. The minimum atomic E-state index is -3.41. The van der Waals surface area contributed by atoms with Crippen LogP contribution >= 0.6 is 0 Å². The lowest BCUT2D eigenvalue weighted by molar-refractivity contribution is 0.116. The molecule has 4 rings (SSSR count). The van der Waals surface area contributed by atoms with Gasteiger partial charge in [0, 0.05) is 30.6 Å². The summed E-state index contributed by atoms with van der Waals surface area (Å²) >= 11 is 0. The number of hydrogen-bond acceptors (Lipinski definition) is 6. The van der Waals surface area contributed by atoms with Crippen LogP contribution in [-0.4, -0.2) is 38.0 Å². The van der Waals surface area contributed by atoms with Crippen molar-refractivity contribution in [2.75, 3.05) is 24.7 Å². The van der Waals surface area contributed by atoms with Gasteiger partial charge in [0.15, 0.2) is 15.6 Å². The molecule has 0 bridgehead atoms. The molecule has 2 aromatic rings. The lowest BCUT2D eigenvalue weighted by Gasteiger charge is -2.34. The summed E-state index contributed by atoms with van der Waals surface area (Å²) in [6.07, 6.45) is 5.14. The lowest BCUT2D eigenvalue weighted by Crippen LogP contribution is -2.42. The highest BCUT2D eigenvalue weighted by atomic mass is 32.2. The average molecular weight is 419 g/mol. The van der Waals surface area contributed by atoms with Crippen molar-refractivity contribution < 1.29 is 17.9 Å². The number of hydrogen-bond donors (Lipinski definition) is 1. The number of anilines is 1.